The van der Waals surface area contributed by atoms with E-state index in [9.17, 15) is 9.50 Å². The number of ether oxygens (including phenoxy) is 1. The van der Waals surface area contributed by atoms with E-state index in [-0.39, 0.29) is 5.82 Å². The second kappa shape index (κ2) is 7.16. The minimum Gasteiger partial charge on any atom is -0.496 e. The van der Waals surface area contributed by atoms with Crippen LogP contribution < -0.4 is 4.74 Å². The lowest BCUT2D eigenvalue weighted by Gasteiger charge is -2.33. The number of nitrogens with zero attached hydrogens (tertiary/aromatic N) is 2. The maximum Gasteiger partial charge on any atom is 0.123 e. The molecular formula is C18H27FN2O2. The molecule has 23 heavy (non-hydrogen) atoms. The third-order valence-corrected chi connectivity index (χ3v) is 5.01. The highest BCUT2D eigenvalue weighted by molar-refractivity contribution is 5.34. The van der Waals surface area contributed by atoms with E-state index in [1.807, 2.05) is 0 Å². The number of likely N-dealkylation sites (tertiary alicyclic amines) is 2. The summed E-state index contributed by atoms with van der Waals surface area (Å²) < 4.78 is 18.8. The van der Waals surface area contributed by atoms with Crippen LogP contribution in [0, 0.1) is 5.82 Å². The summed E-state index contributed by atoms with van der Waals surface area (Å²) in [5, 5.41) is 10.9. The maximum absolute atomic E-state index is 13.5. The number of benzene rings is 1. The summed E-state index contributed by atoms with van der Waals surface area (Å²) >= 11 is 0. The van der Waals surface area contributed by atoms with E-state index >= 15 is 0 Å². The van der Waals surface area contributed by atoms with E-state index in [4.69, 9.17) is 4.74 Å². The Morgan fingerprint density at radius 2 is 1.96 bits per heavy atom. The minimum absolute atomic E-state index is 0.247. The number of methoxy groups -OCH3 is 1. The van der Waals surface area contributed by atoms with Crippen molar-refractivity contribution >= 4 is 0 Å². The Labute approximate surface area is 137 Å². The highest BCUT2D eigenvalue weighted by Crippen LogP contribution is 2.28. The molecule has 1 N–H and O–H groups in total. The van der Waals surface area contributed by atoms with Gasteiger partial charge in [-0.2, -0.15) is 0 Å². The number of hydrogen-bond acceptors (Lipinski definition) is 4. The lowest BCUT2D eigenvalue weighted by Crippen LogP contribution is -2.46. The molecule has 1 aromatic rings. The molecule has 2 aliphatic rings. The van der Waals surface area contributed by atoms with Gasteiger partial charge in [-0.05, 0) is 50.6 Å². The summed E-state index contributed by atoms with van der Waals surface area (Å²) in [6.45, 7) is 5.04. The van der Waals surface area contributed by atoms with Crippen LogP contribution in [0.15, 0.2) is 18.2 Å². The molecule has 0 aliphatic carbocycles. The van der Waals surface area contributed by atoms with Crippen molar-refractivity contribution in [1.29, 1.82) is 0 Å². The Morgan fingerprint density at radius 3 is 2.70 bits per heavy atom. The Balaban J connectivity index is 1.60. The Morgan fingerprint density at radius 1 is 1.17 bits per heavy atom. The van der Waals surface area contributed by atoms with Gasteiger partial charge in [0.2, 0.25) is 0 Å². The van der Waals surface area contributed by atoms with Gasteiger partial charge in [0.1, 0.15) is 11.6 Å². The summed E-state index contributed by atoms with van der Waals surface area (Å²) in [6.07, 6.45) is 4.56. The van der Waals surface area contributed by atoms with E-state index in [0.717, 1.165) is 38.2 Å². The Bertz CT molecular complexity index is 534. The van der Waals surface area contributed by atoms with Crippen molar-refractivity contribution in [2.75, 3.05) is 39.8 Å². The summed E-state index contributed by atoms with van der Waals surface area (Å²) in [5.41, 5.74) is 0.201. The fraction of sp³-hybridized carbons (Fsp3) is 0.667. The van der Waals surface area contributed by atoms with Crippen LogP contribution in [0.5, 0.6) is 5.75 Å². The molecule has 0 amide bonds. The standard InChI is InChI=1S/C18H27FN2O2/c1-23-17-6-5-16(19)11-15(17)12-21-10-7-18(22,14-21)13-20-8-3-2-4-9-20/h5-6,11,22H,2-4,7-10,12-14H2,1H3/t18-/m0/s1. The molecule has 2 aliphatic heterocycles. The molecular weight excluding hydrogens is 295 g/mol. The molecule has 3 rings (SSSR count). The van der Waals surface area contributed by atoms with Crippen molar-refractivity contribution in [2.45, 2.75) is 37.8 Å². The predicted molar refractivity (Wildman–Crippen MR) is 88.1 cm³/mol. The van der Waals surface area contributed by atoms with Gasteiger partial charge in [0.05, 0.1) is 12.7 Å². The quantitative estimate of drug-likeness (QED) is 0.902. The van der Waals surface area contributed by atoms with Crippen molar-refractivity contribution in [1.82, 2.24) is 9.80 Å². The summed E-state index contributed by atoms with van der Waals surface area (Å²) in [6, 6.07) is 4.61. The number of halogens is 1. The van der Waals surface area contributed by atoms with Gasteiger partial charge in [0.15, 0.2) is 0 Å². The van der Waals surface area contributed by atoms with Gasteiger partial charge in [-0.15, -0.1) is 0 Å². The van der Waals surface area contributed by atoms with Crippen LogP contribution in [0.3, 0.4) is 0 Å². The van der Waals surface area contributed by atoms with Crippen molar-refractivity contribution in [3.63, 3.8) is 0 Å². The predicted octanol–water partition coefficient (Wildman–Crippen LogP) is 2.26. The molecule has 5 heteroatoms. The molecule has 0 radical (unpaired) electrons. The average Bonchev–Trinajstić information content (AvgIpc) is 2.89. The average molecular weight is 322 g/mol. The second-order valence-electron chi connectivity index (χ2n) is 6.98. The zero-order chi connectivity index (χ0) is 16.3. The molecule has 4 nitrogen and oxygen atoms in total. The molecule has 0 bridgehead atoms. The molecule has 0 spiro atoms. The minimum atomic E-state index is -0.641. The fourth-order valence-corrected chi connectivity index (χ4v) is 3.85. The summed E-state index contributed by atoms with van der Waals surface area (Å²) in [4.78, 5) is 4.58. The molecule has 1 aromatic carbocycles. The molecule has 0 aromatic heterocycles. The van der Waals surface area contributed by atoms with Crippen LogP contribution in [0.25, 0.3) is 0 Å². The zero-order valence-electron chi connectivity index (χ0n) is 13.9. The largest absolute Gasteiger partial charge is 0.496 e. The monoisotopic (exact) mass is 322 g/mol. The van der Waals surface area contributed by atoms with E-state index in [1.165, 1.54) is 31.4 Å². The van der Waals surface area contributed by atoms with Gasteiger partial charge in [-0.3, -0.25) is 4.90 Å². The molecule has 0 saturated carbocycles. The van der Waals surface area contributed by atoms with E-state index in [2.05, 4.69) is 9.80 Å². The third-order valence-electron chi connectivity index (χ3n) is 5.01. The Kier molecular flexibility index (Phi) is 5.19. The number of aliphatic hydroxyl groups is 1. The van der Waals surface area contributed by atoms with Gasteiger partial charge in [0.25, 0.3) is 0 Å². The van der Waals surface area contributed by atoms with E-state index < -0.39 is 5.60 Å². The normalized spacial score (nSPS) is 26.6. The summed E-state index contributed by atoms with van der Waals surface area (Å²) in [5.74, 6) is 0.460. The molecule has 1 atom stereocenters. The first-order valence-corrected chi connectivity index (χ1v) is 8.57. The number of rotatable bonds is 5. The number of β-amino-alcohol motifs (C(OH)–C–C–N with tert-alkyl or cyclic N) is 1. The van der Waals surface area contributed by atoms with Gasteiger partial charge < -0.3 is 14.7 Å². The van der Waals surface area contributed by atoms with E-state index in [0.29, 0.717) is 18.8 Å². The molecule has 128 valence electrons. The lowest BCUT2D eigenvalue weighted by atomic mass is 10.0. The van der Waals surface area contributed by atoms with E-state index in [1.54, 1.807) is 13.2 Å². The van der Waals surface area contributed by atoms with Crippen LogP contribution >= 0.6 is 0 Å². The highest BCUT2D eigenvalue weighted by atomic mass is 19.1. The molecule has 2 heterocycles. The van der Waals surface area contributed by atoms with Gasteiger partial charge in [-0.25, -0.2) is 4.39 Å². The first-order valence-electron chi connectivity index (χ1n) is 8.57. The van der Waals surface area contributed by atoms with Crippen LogP contribution in [-0.2, 0) is 6.54 Å². The SMILES string of the molecule is COc1ccc(F)cc1CN1CC[C@](O)(CN2CCCCC2)C1. The van der Waals surface area contributed by atoms with Crippen LogP contribution in [0.4, 0.5) is 4.39 Å². The fourth-order valence-electron chi connectivity index (χ4n) is 3.85. The maximum atomic E-state index is 13.5. The van der Waals surface area contributed by atoms with Gasteiger partial charge in [-0.1, -0.05) is 6.42 Å². The summed E-state index contributed by atoms with van der Waals surface area (Å²) in [7, 11) is 1.60. The molecule has 0 unspecified atom stereocenters. The van der Waals surface area contributed by atoms with Gasteiger partial charge >= 0.3 is 0 Å². The highest BCUT2D eigenvalue weighted by Gasteiger charge is 2.37. The smallest absolute Gasteiger partial charge is 0.123 e. The van der Waals surface area contributed by atoms with Crippen LogP contribution in [0.1, 0.15) is 31.2 Å². The Hall–Kier alpha value is -1.17. The first-order chi connectivity index (χ1) is 11.1. The zero-order valence-corrected chi connectivity index (χ0v) is 13.9. The van der Waals surface area contributed by atoms with Crippen molar-refractivity contribution < 1.29 is 14.2 Å². The van der Waals surface area contributed by atoms with Crippen LogP contribution in [-0.4, -0.2) is 60.3 Å². The number of hydrogen-bond donors (Lipinski definition) is 1. The molecule has 2 saturated heterocycles. The third kappa shape index (κ3) is 4.22. The lowest BCUT2D eigenvalue weighted by molar-refractivity contribution is 0.00630. The second-order valence-corrected chi connectivity index (χ2v) is 6.98. The van der Waals surface area contributed by atoms with Crippen molar-refractivity contribution in [3.05, 3.63) is 29.6 Å². The first kappa shape index (κ1) is 16.7. The topological polar surface area (TPSA) is 35.9 Å². The van der Waals surface area contributed by atoms with Gasteiger partial charge in [0, 0.05) is 31.7 Å². The van der Waals surface area contributed by atoms with Crippen molar-refractivity contribution in [2.24, 2.45) is 0 Å². The van der Waals surface area contributed by atoms with Crippen LogP contribution in [0.2, 0.25) is 0 Å². The van der Waals surface area contributed by atoms with Crippen molar-refractivity contribution in [3.8, 4) is 5.75 Å². The molecule has 2 fully saturated rings. The number of piperidine rings is 1.